The summed E-state index contributed by atoms with van der Waals surface area (Å²) in [6.07, 6.45) is 0. The number of rotatable bonds is 6. The van der Waals surface area contributed by atoms with Crippen molar-refractivity contribution in [1.29, 1.82) is 0 Å². The van der Waals surface area contributed by atoms with E-state index in [1.54, 1.807) is 12.1 Å². The third-order valence-corrected chi connectivity index (χ3v) is 4.04. The maximum atomic E-state index is 12.0. The van der Waals surface area contributed by atoms with Crippen LogP contribution in [0.25, 0.3) is 11.0 Å². The molecule has 0 saturated heterocycles. The van der Waals surface area contributed by atoms with Crippen molar-refractivity contribution in [2.24, 2.45) is 0 Å². The Morgan fingerprint density at radius 2 is 1.74 bits per heavy atom. The van der Waals surface area contributed by atoms with Gasteiger partial charge in [-0.2, -0.15) is 0 Å². The van der Waals surface area contributed by atoms with Crippen LogP contribution in [-0.2, 0) is 16.1 Å². The number of hydrogen-bond donors (Lipinski definition) is 0. The fourth-order valence-electron chi connectivity index (χ4n) is 2.69. The van der Waals surface area contributed by atoms with E-state index in [0.29, 0.717) is 22.6 Å². The molecule has 3 aromatic rings. The molecule has 3 rings (SSSR count). The maximum Gasteiger partial charge on any atom is 0.344 e. The van der Waals surface area contributed by atoms with Crippen LogP contribution in [0.15, 0.2) is 51.7 Å². The second kappa shape index (κ2) is 7.95. The zero-order valence-corrected chi connectivity index (χ0v) is 15.4. The molecule has 140 valence electrons. The summed E-state index contributed by atoms with van der Waals surface area (Å²) < 4.78 is 21.2. The number of benzene rings is 2. The summed E-state index contributed by atoms with van der Waals surface area (Å²) >= 11 is 0. The third kappa shape index (κ3) is 4.47. The highest BCUT2D eigenvalue weighted by Crippen LogP contribution is 2.27. The van der Waals surface area contributed by atoms with Crippen molar-refractivity contribution in [2.75, 3.05) is 13.7 Å². The molecule has 1 aromatic heterocycles. The first kappa shape index (κ1) is 18.5. The van der Waals surface area contributed by atoms with Crippen LogP contribution in [0.5, 0.6) is 11.5 Å². The molecule has 0 N–H and O–H groups in total. The fraction of sp³-hybridized carbons (Fsp3) is 0.238. The van der Waals surface area contributed by atoms with Crippen molar-refractivity contribution in [3.8, 4) is 11.5 Å². The topological polar surface area (TPSA) is 75.0 Å². The van der Waals surface area contributed by atoms with Gasteiger partial charge in [-0.25, -0.2) is 9.59 Å². The lowest BCUT2D eigenvalue weighted by Crippen LogP contribution is -2.15. The van der Waals surface area contributed by atoms with E-state index in [1.807, 2.05) is 38.1 Å². The minimum Gasteiger partial charge on any atom is -0.493 e. The summed E-state index contributed by atoms with van der Waals surface area (Å²) in [4.78, 5) is 23.8. The van der Waals surface area contributed by atoms with E-state index in [4.69, 9.17) is 18.6 Å². The Bertz CT molecular complexity index is 1030. The monoisotopic (exact) mass is 368 g/mol. The van der Waals surface area contributed by atoms with Gasteiger partial charge in [0.2, 0.25) is 0 Å². The zero-order valence-electron chi connectivity index (χ0n) is 15.4. The molecular weight excluding hydrogens is 348 g/mol. The standard InChI is InChI=1S/C21H20O6/c1-13-4-6-16-15(10-20(22)27-18(16)8-13)11-26-21(23)12-25-17-7-5-14(2)9-19(17)24-3/h4-10H,11-12H2,1-3H3. The van der Waals surface area contributed by atoms with Gasteiger partial charge in [0.25, 0.3) is 0 Å². The van der Waals surface area contributed by atoms with Crippen LogP contribution in [0.4, 0.5) is 0 Å². The Balaban J connectivity index is 1.66. The van der Waals surface area contributed by atoms with Gasteiger partial charge in [-0.15, -0.1) is 0 Å². The molecule has 0 radical (unpaired) electrons. The molecule has 6 heteroatoms. The lowest BCUT2D eigenvalue weighted by molar-refractivity contribution is -0.147. The minimum atomic E-state index is -0.550. The summed E-state index contributed by atoms with van der Waals surface area (Å²) in [5.74, 6) is 0.456. The largest absolute Gasteiger partial charge is 0.493 e. The van der Waals surface area contributed by atoms with Crippen LogP contribution in [0.3, 0.4) is 0 Å². The predicted molar refractivity (Wildman–Crippen MR) is 100 cm³/mol. The lowest BCUT2D eigenvalue weighted by atomic mass is 10.1. The third-order valence-electron chi connectivity index (χ3n) is 4.04. The highest BCUT2D eigenvalue weighted by atomic mass is 16.6. The molecule has 0 aliphatic rings. The van der Waals surface area contributed by atoms with Crippen molar-refractivity contribution in [3.05, 3.63) is 69.6 Å². The average Bonchev–Trinajstić information content (AvgIpc) is 2.64. The van der Waals surface area contributed by atoms with Crippen LogP contribution in [0.2, 0.25) is 0 Å². The van der Waals surface area contributed by atoms with Crippen molar-refractivity contribution in [1.82, 2.24) is 0 Å². The molecular formula is C21H20O6. The zero-order chi connectivity index (χ0) is 19.4. The van der Waals surface area contributed by atoms with Crippen LogP contribution in [-0.4, -0.2) is 19.7 Å². The number of esters is 1. The second-order valence-corrected chi connectivity index (χ2v) is 6.19. The number of carbonyl (C=O) groups is 1. The first-order chi connectivity index (χ1) is 13.0. The summed E-state index contributed by atoms with van der Waals surface area (Å²) in [6.45, 7) is 3.53. The van der Waals surface area contributed by atoms with Crippen molar-refractivity contribution >= 4 is 16.9 Å². The molecule has 0 unspecified atom stereocenters. The van der Waals surface area contributed by atoms with E-state index in [9.17, 15) is 9.59 Å². The van der Waals surface area contributed by atoms with Gasteiger partial charge in [0.1, 0.15) is 12.2 Å². The minimum absolute atomic E-state index is 0.0433. The second-order valence-electron chi connectivity index (χ2n) is 6.19. The number of hydrogen-bond acceptors (Lipinski definition) is 6. The molecule has 6 nitrogen and oxygen atoms in total. The van der Waals surface area contributed by atoms with Crippen LogP contribution in [0, 0.1) is 13.8 Å². The van der Waals surface area contributed by atoms with Gasteiger partial charge in [0, 0.05) is 17.0 Å². The molecule has 0 amide bonds. The van der Waals surface area contributed by atoms with Crippen molar-refractivity contribution < 1.29 is 23.4 Å². The van der Waals surface area contributed by atoms with E-state index in [0.717, 1.165) is 16.5 Å². The molecule has 0 fully saturated rings. The van der Waals surface area contributed by atoms with Gasteiger partial charge >= 0.3 is 11.6 Å². The van der Waals surface area contributed by atoms with Gasteiger partial charge < -0.3 is 18.6 Å². The summed E-state index contributed by atoms with van der Waals surface area (Å²) in [6, 6.07) is 12.3. The van der Waals surface area contributed by atoms with Crippen LogP contribution < -0.4 is 15.1 Å². The molecule has 0 aliphatic heterocycles. The van der Waals surface area contributed by atoms with Gasteiger partial charge in [-0.3, -0.25) is 0 Å². The van der Waals surface area contributed by atoms with E-state index >= 15 is 0 Å². The van der Waals surface area contributed by atoms with Gasteiger partial charge in [-0.05, 0) is 43.2 Å². The van der Waals surface area contributed by atoms with Gasteiger partial charge in [-0.1, -0.05) is 18.2 Å². The number of ether oxygens (including phenoxy) is 3. The Hall–Kier alpha value is -3.28. The Morgan fingerprint density at radius 3 is 2.52 bits per heavy atom. The summed E-state index contributed by atoms with van der Waals surface area (Å²) in [7, 11) is 1.54. The number of aryl methyl sites for hydroxylation is 2. The molecule has 0 bridgehead atoms. The molecule has 1 heterocycles. The highest BCUT2D eigenvalue weighted by molar-refractivity contribution is 5.81. The van der Waals surface area contributed by atoms with Crippen LogP contribution in [0.1, 0.15) is 16.7 Å². The van der Waals surface area contributed by atoms with E-state index in [2.05, 4.69) is 0 Å². The molecule has 0 saturated carbocycles. The molecule has 27 heavy (non-hydrogen) atoms. The first-order valence-corrected chi connectivity index (χ1v) is 8.42. The normalized spacial score (nSPS) is 10.6. The molecule has 0 spiro atoms. The Kier molecular flexibility index (Phi) is 5.45. The number of methoxy groups -OCH3 is 1. The van der Waals surface area contributed by atoms with E-state index in [1.165, 1.54) is 13.2 Å². The molecule has 2 aromatic carbocycles. The first-order valence-electron chi connectivity index (χ1n) is 8.42. The molecule has 0 aliphatic carbocycles. The lowest BCUT2D eigenvalue weighted by Gasteiger charge is -2.11. The summed E-state index contributed by atoms with van der Waals surface area (Å²) in [5, 5.41) is 0.731. The average molecular weight is 368 g/mol. The quantitative estimate of drug-likeness (QED) is 0.489. The van der Waals surface area contributed by atoms with Crippen molar-refractivity contribution in [3.63, 3.8) is 0 Å². The smallest absolute Gasteiger partial charge is 0.344 e. The summed E-state index contributed by atoms with van der Waals surface area (Å²) in [5.41, 5.74) is 2.56. The van der Waals surface area contributed by atoms with Crippen LogP contribution >= 0.6 is 0 Å². The van der Waals surface area contributed by atoms with E-state index in [-0.39, 0.29) is 13.2 Å². The predicted octanol–water partition coefficient (Wildman–Crippen LogP) is 3.54. The van der Waals surface area contributed by atoms with Crippen molar-refractivity contribution in [2.45, 2.75) is 20.5 Å². The number of carbonyl (C=O) groups excluding carboxylic acids is 1. The Labute approximate surface area is 156 Å². The van der Waals surface area contributed by atoms with E-state index < -0.39 is 11.6 Å². The van der Waals surface area contributed by atoms with Gasteiger partial charge in [0.05, 0.1) is 7.11 Å². The molecule has 0 atom stereocenters. The SMILES string of the molecule is COc1cc(C)ccc1OCC(=O)OCc1cc(=O)oc2cc(C)ccc12. The highest BCUT2D eigenvalue weighted by Gasteiger charge is 2.11. The number of fused-ring (bicyclic) bond motifs is 1. The fourth-order valence-corrected chi connectivity index (χ4v) is 2.69. The van der Waals surface area contributed by atoms with Gasteiger partial charge in [0.15, 0.2) is 18.1 Å². The maximum absolute atomic E-state index is 12.0. The Morgan fingerprint density at radius 1 is 1.00 bits per heavy atom.